The van der Waals surface area contributed by atoms with Gasteiger partial charge in [-0.2, -0.15) is 4.98 Å². The van der Waals surface area contributed by atoms with Crippen LogP contribution in [0.5, 0.6) is 5.75 Å². The molecule has 1 saturated carbocycles. The van der Waals surface area contributed by atoms with Gasteiger partial charge in [0.25, 0.3) is 0 Å². The van der Waals surface area contributed by atoms with Gasteiger partial charge in [-0.3, -0.25) is 4.79 Å². The summed E-state index contributed by atoms with van der Waals surface area (Å²) < 4.78 is 10.6. The van der Waals surface area contributed by atoms with E-state index in [0.717, 1.165) is 36.5 Å². The number of aromatic nitrogens is 2. The van der Waals surface area contributed by atoms with E-state index in [-0.39, 0.29) is 12.3 Å². The lowest BCUT2D eigenvalue weighted by molar-refractivity contribution is -0.137. The van der Waals surface area contributed by atoms with Crippen LogP contribution in [0, 0.1) is 5.92 Å². The van der Waals surface area contributed by atoms with Crippen molar-refractivity contribution >= 4 is 5.97 Å². The first kappa shape index (κ1) is 19.4. The molecule has 1 heterocycles. The van der Waals surface area contributed by atoms with Gasteiger partial charge in [0.15, 0.2) is 0 Å². The van der Waals surface area contributed by atoms with E-state index in [2.05, 4.69) is 10.1 Å². The number of ether oxygens (including phenoxy) is 1. The van der Waals surface area contributed by atoms with Crippen molar-refractivity contribution in [3.8, 4) is 17.1 Å². The van der Waals surface area contributed by atoms with E-state index in [4.69, 9.17) is 9.26 Å². The van der Waals surface area contributed by atoms with Crippen molar-refractivity contribution in [2.45, 2.75) is 63.7 Å². The second-order valence-corrected chi connectivity index (χ2v) is 7.41. The molecule has 1 N–H and O–H groups in total. The van der Waals surface area contributed by atoms with Gasteiger partial charge in [0, 0.05) is 11.5 Å². The Balaban J connectivity index is 1.63. The number of hydrogen-bond donors (Lipinski definition) is 1. The number of carboxylic acids is 1. The standard InChI is InChI=1S/C21H28N2O4/c1-26-18-12-10-16(11-13-18)20-22-21(27-23-20)17(14-19(24)25)9-5-8-15-6-3-2-4-7-15/h10-13,15,17H,2-9,14H2,1H3,(H,24,25)/t17-/m1/s1. The molecule has 6 nitrogen and oxygen atoms in total. The molecule has 146 valence electrons. The van der Waals surface area contributed by atoms with Crippen LogP contribution in [0.1, 0.15) is 69.6 Å². The lowest BCUT2D eigenvalue weighted by atomic mass is 9.84. The van der Waals surface area contributed by atoms with Crippen LogP contribution in [-0.4, -0.2) is 28.3 Å². The molecule has 1 fully saturated rings. The predicted octanol–water partition coefficient (Wildman–Crippen LogP) is 5.05. The zero-order chi connectivity index (χ0) is 19.1. The lowest BCUT2D eigenvalue weighted by Crippen LogP contribution is -2.09. The number of carboxylic acid groups (broad SMARTS) is 1. The van der Waals surface area contributed by atoms with E-state index in [0.29, 0.717) is 11.7 Å². The van der Waals surface area contributed by atoms with Crippen molar-refractivity contribution < 1.29 is 19.2 Å². The van der Waals surface area contributed by atoms with Crippen LogP contribution >= 0.6 is 0 Å². The first-order chi connectivity index (χ1) is 13.2. The molecule has 1 aromatic heterocycles. The average Bonchev–Trinajstić information content (AvgIpc) is 3.18. The van der Waals surface area contributed by atoms with Crippen molar-refractivity contribution in [1.29, 1.82) is 0 Å². The fourth-order valence-corrected chi connectivity index (χ4v) is 3.91. The maximum atomic E-state index is 11.3. The maximum Gasteiger partial charge on any atom is 0.304 e. The molecule has 1 atom stereocenters. The summed E-state index contributed by atoms with van der Waals surface area (Å²) in [5, 5.41) is 13.3. The van der Waals surface area contributed by atoms with Crippen LogP contribution in [0.4, 0.5) is 0 Å². The Kier molecular flexibility index (Phi) is 6.85. The summed E-state index contributed by atoms with van der Waals surface area (Å²) in [6, 6.07) is 7.40. The van der Waals surface area contributed by atoms with Gasteiger partial charge in [-0.1, -0.05) is 50.1 Å². The molecule has 0 radical (unpaired) electrons. The molecular weight excluding hydrogens is 344 g/mol. The Morgan fingerprint density at radius 2 is 2.00 bits per heavy atom. The molecule has 0 spiro atoms. The first-order valence-electron chi connectivity index (χ1n) is 9.85. The van der Waals surface area contributed by atoms with E-state index in [1.54, 1.807) is 7.11 Å². The highest BCUT2D eigenvalue weighted by Crippen LogP contribution is 2.31. The lowest BCUT2D eigenvalue weighted by Gasteiger charge is -2.21. The van der Waals surface area contributed by atoms with Gasteiger partial charge in [0.1, 0.15) is 5.75 Å². The van der Waals surface area contributed by atoms with Gasteiger partial charge in [-0.25, -0.2) is 0 Å². The van der Waals surface area contributed by atoms with Crippen LogP contribution in [0.2, 0.25) is 0 Å². The molecule has 0 saturated heterocycles. The molecule has 0 aliphatic heterocycles. The minimum atomic E-state index is -0.832. The average molecular weight is 372 g/mol. The Hall–Kier alpha value is -2.37. The van der Waals surface area contributed by atoms with Gasteiger partial charge in [0.2, 0.25) is 11.7 Å². The predicted molar refractivity (Wildman–Crippen MR) is 102 cm³/mol. The number of carbonyl (C=O) groups is 1. The zero-order valence-electron chi connectivity index (χ0n) is 15.9. The Labute approximate surface area is 159 Å². The minimum Gasteiger partial charge on any atom is -0.497 e. The van der Waals surface area contributed by atoms with E-state index in [1.807, 2.05) is 24.3 Å². The highest BCUT2D eigenvalue weighted by molar-refractivity contribution is 5.67. The van der Waals surface area contributed by atoms with Crippen molar-refractivity contribution in [3.63, 3.8) is 0 Å². The van der Waals surface area contributed by atoms with E-state index < -0.39 is 5.97 Å². The molecule has 3 rings (SSSR count). The summed E-state index contributed by atoms with van der Waals surface area (Å²) >= 11 is 0. The van der Waals surface area contributed by atoms with Gasteiger partial charge >= 0.3 is 5.97 Å². The summed E-state index contributed by atoms with van der Waals surface area (Å²) in [5.41, 5.74) is 0.821. The van der Waals surface area contributed by atoms with Crippen LogP contribution in [0.25, 0.3) is 11.4 Å². The van der Waals surface area contributed by atoms with Crippen LogP contribution in [0.15, 0.2) is 28.8 Å². The third-order valence-electron chi connectivity index (χ3n) is 5.45. The molecule has 0 amide bonds. The van der Waals surface area contributed by atoms with E-state index >= 15 is 0 Å². The summed E-state index contributed by atoms with van der Waals surface area (Å²) in [5.74, 6) is 1.39. The number of methoxy groups -OCH3 is 1. The number of aliphatic carboxylic acids is 1. The van der Waals surface area contributed by atoms with Gasteiger partial charge in [0.05, 0.1) is 13.5 Å². The molecule has 2 aromatic rings. The van der Waals surface area contributed by atoms with Crippen molar-refractivity contribution in [2.24, 2.45) is 5.92 Å². The zero-order valence-corrected chi connectivity index (χ0v) is 15.9. The topological polar surface area (TPSA) is 85.5 Å². The van der Waals surface area contributed by atoms with E-state index in [1.165, 1.54) is 32.1 Å². The van der Waals surface area contributed by atoms with Crippen molar-refractivity contribution in [1.82, 2.24) is 10.1 Å². The van der Waals surface area contributed by atoms with Crippen molar-refractivity contribution in [2.75, 3.05) is 7.11 Å². The highest BCUT2D eigenvalue weighted by atomic mass is 16.5. The number of rotatable bonds is 9. The fraction of sp³-hybridized carbons (Fsp3) is 0.571. The SMILES string of the molecule is COc1ccc(-c2noc([C@H](CCCC3CCCCC3)CC(=O)O)n2)cc1. The molecule has 1 aliphatic rings. The quantitative estimate of drug-likeness (QED) is 0.662. The molecular formula is C21H28N2O4. The summed E-state index contributed by atoms with van der Waals surface area (Å²) in [4.78, 5) is 15.8. The largest absolute Gasteiger partial charge is 0.497 e. The van der Waals surface area contributed by atoms with Gasteiger partial charge in [-0.15, -0.1) is 0 Å². The first-order valence-corrected chi connectivity index (χ1v) is 9.85. The molecule has 27 heavy (non-hydrogen) atoms. The molecule has 1 aliphatic carbocycles. The summed E-state index contributed by atoms with van der Waals surface area (Å²) in [6.07, 6.45) is 9.60. The number of hydrogen-bond acceptors (Lipinski definition) is 5. The normalized spacial score (nSPS) is 16.2. The second kappa shape index (κ2) is 9.53. The van der Waals surface area contributed by atoms with Crippen LogP contribution < -0.4 is 4.74 Å². The second-order valence-electron chi connectivity index (χ2n) is 7.41. The third-order valence-corrected chi connectivity index (χ3v) is 5.45. The monoisotopic (exact) mass is 372 g/mol. The Morgan fingerprint density at radius 3 is 2.67 bits per heavy atom. The van der Waals surface area contributed by atoms with Crippen molar-refractivity contribution in [3.05, 3.63) is 30.2 Å². The highest BCUT2D eigenvalue weighted by Gasteiger charge is 2.23. The fourth-order valence-electron chi connectivity index (χ4n) is 3.91. The van der Waals surface area contributed by atoms with Gasteiger partial charge < -0.3 is 14.4 Å². The third kappa shape index (κ3) is 5.55. The maximum absolute atomic E-state index is 11.3. The van der Waals surface area contributed by atoms with Crippen LogP contribution in [0.3, 0.4) is 0 Å². The Morgan fingerprint density at radius 1 is 1.26 bits per heavy atom. The summed E-state index contributed by atoms with van der Waals surface area (Å²) in [7, 11) is 1.62. The number of benzene rings is 1. The Bertz CT molecular complexity index is 720. The minimum absolute atomic E-state index is 0.0227. The van der Waals surface area contributed by atoms with Gasteiger partial charge in [-0.05, 0) is 36.6 Å². The molecule has 0 bridgehead atoms. The molecule has 1 aromatic carbocycles. The number of nitrogens with zero attached hydrogens (tertiary/aromatic N) is 2. The smallest absolute Gasteiger partial charge is 0.304 e. The van der Waals surface area contributed by atoms with Crippen LogP contribution in [-0.2, 0) is 4.79 Å². The summed E-state index contributed by atoms with van der Waals surface area (Å²) in [6.45, 7) is 0. The molecule has 0 unspecified atom stereocenters. The van der Waals surface area contributed by atoms with E-state index in [9.17, 15) is 9.90 Å². The molecule has 6 heteroatoms.